The van der Waals surface area contributed by atoms with Crippen molar-refractivity contribution in [3.63, 3.8) is 0 Å². The molecule has 0 radical (unpaired) electrons. The molecule has 13 heteroatoms. The zero-order valence-electron chi connectivity index (χ0n) is 18.8. The molecule has 7 nitrogen and oxygen atoms in total. The first-order valence-corrected chi connectivity index (χ1v) is 11.5. The van der Waals surface area contributed by atoms with Gasteiger partial charge in [0.25, 0.3) is 5.91 Å². The van der Waals surface area contributed by atoms with E-state index < -0.39 is 38.5 Å². The lowest BCUT2D eigenvalue weighted by atomic mass is 10.1. The van der Waals surface area contributed by atoms with Crippen molar-refractivity contribution in [2.75, 3.05) is 18.6 Å². The fourth-order valence-electron chi connectivity index (χ4n) is 3.72. The minimum atomic E-state index is -4.91. The molecule has 0 unspecified atom stereocenters. The van der Waals surface area contributed by atoms with E-state index in [1.165, 1.54) is 34.0 Å². The van der Waals surface area contributed by atoms with E-state index in [4.69, 9.17) is 4.74 Å². The number of rotatable bonds is 3. The topological polar surface area (TPSA) is 81.5 Å². The Hall–Kier alpha value is -3.50. The normalized spacial score (nSPS) is 15.4. The van der Waals surface area contributed by atoms with Crippen LogP contribution in [0.25, 0.3) is 0 Å². The highest BCUT2D eigenvalue weighted by atomic mass is 32.3. The number of hydrogen-bond acceptors (Lipinski definition) is 5. The molecule has 0 N–H and O–H groups in total. The minimum Gasteiger partial charge on any atom is -0.496 e. The molecule has 0 spiro atoms. The quantitative estimate of drug-likeness (QED) is 0.281. The van der Waals surface area contributed by atoms with Gasteiger partial charge in [-0.2, -0.15) is 40.2 Å². The van der Waals surface area contributed by atoms with Crippen molar-refractivity contribution < 1.29 is 35.0 Å². The van der Waals surface area contributed by atoms with Gasteiger partial charge in [-0.15, -0.1) is 3.89 Å². The first-order chi connectivity index (χ1) is 16.4. The molecule has 0 aliphatic carbocycles. The third-order valence-corrected chi connectivity index (χ3v) is 6.18. The van der Waals surface area contributed by atoms with Gasteiger partial charge in [-0.25, -0.2) is 0 Å². The van der Waals surface area contributed by atoms with E-state index in [1.54, 1.807) is 6.92 Å². The Labute approximate surface area is 211 Å². The molecular formula is C23H19F4N3O4S2. The Balaban J connectivity index is 0.00000361. The number of carbonyl (C=O) groups is 1. The Morgan fingerprint density at radius 1 is 1.14 bits per heavy atom. The van der Waals surface area contributed by atoms with Crippen molar-refractivity contribution in [2.24, 2.45) is 0 Å². The van der Waals surface area contributed by atoms with Gasteiger partial charge in [0.2, 0.25) is 0 Å². The predicted octanol–water partition coefficient (Wildman–Crippen LogP) is 4.30. The van der Waals surface area contributed by atoms with E-state index in [0.29, 0.717) is 0 Å². The lowest BCUT2D eigenvalue weighted by Gasteiger charge is -2.32. The zero-order valence-corrected chi connectivity index (χ0v) is 20.6. The molecule has 1 aliphatic rings. The summed E-state index contributed by atoms with van der Waals surface area (Å²) >= 11 is 0. The fourth-order valence-corrected chi connectivity index (χ4v) is 4.23. The third-order valence-electron chi connectivity index (χ3n) is 5.37. The van der Waals surface area contributed by atoms with Crippen molar-refractivity contribution >= 4 is 35.3 Å². The highest BCUT2D eigenvalue weighted by molar-refractivity contribution is 7.86. The number of halogens is 4. The number of methoxy groups -OCH3 is 1. The maximum atomic E-state index is 13.3. The largest absolute Gasteiger partial charge is 0.496 e. The molecule has 0 saturated heterocycles. The molecule has 2 heterocycles. The molecule has 190 valence electrons. The van der Waals surface area contributed by atoms with Crippen molar-refractivity contribution in [1.29, 1.82) is 0 Å². The number of anilines is 1. The summed E-state index contributed by atoms with van der Waals surface area (Å²) in [5, 5.41) is 4.20. The van der Waals surface area contributed by atoms with Gasteiger partial charge in [-0.05, 0) is 37.3 Å². The van der Waals surface area contributed by atoms with Gasteiger partial charge < -0.3 is 9.64 Å². The number of carbonyl (C=O) groups excluding carboxylic acids is 1. The number of nitrogens with zero attached hydrogens (tertiary/aromatic N) is 3. The summed E-state index contributed by atoms with van der Waals surface area (Å²) in [6.45, 7) is 1.93. The minimum absolute atomic E-state index is 0. The van der Waals surface area contributed by atoms with E-state index in [-0.39, 0.29) is 48.6 Å². The molecule has 0 fully saturated rings. The highest BCUT2D eigenvalue weighted by Crippen LogP contribution is 2.39. The van der Waals surface area contributed by atoms with E-state index in [9.17, 15) is 30.3 Å². The average molecular weight is 542 g/mol. The van der Waals surface area contributed by atoms with Gasteiger partial charge in [0, 0.05) is 23.9 Å². The summed E-state index contributed by atoms with van der Waals surface area (Å²) in [5.74, 6) is 4.49. The first kappa shape index (κ1) is 27.1. The van der Waals surface area contributed by atoms with Crippen LogP contribution in [0.1, 0.15) is 40.1 Å². The summed E-state index contributed by atoms with van der Waals surface area (Å²) < 4.78 is 81.6. The van der Waals surface area contributed by atoms with Gasteiger partial charge in [-0.1, -0.05) is 17.9 Å². The average Bonchev–Trinajstić information content (AvgIpc) is 3.23. The zero-order chi connectivity index (χ0) is 25.5. The van der Waals surface area contributed by atoms with Crippen LogP contribution in [0.5, 0.6) is 5.75 Å². The predicted molar refractivity (Wildman–Crippen MR) is 128 cm³/mol. The van der Waals surface area contributed by atoms with Gasteiger partial charge in [-0.3, -0.25) is 9.48 Å². The van der Waals surface area contributed by atoms with Gasteiger partial charge >= 0.3 is 16.4 Å². The smallest absolute Gasteiger partial charge is 0.419 e. The maximum Gasteiger partial charge on any atom is 0.419 e. The number of ether oxygens (including phenoxy) is 1. The van der Waals surface area contributed by atoms with Crippen molar-refractivity contribution in [2.45, 2.75) is 24.0 Å². The highest BCUT2D eigenvalue weighted by Gasteiger charge is 2.37. The summed E-state index contributed by atoms with van der Waals surface area (Å²) in [6, 6.07) is 7.81. The van der Waals surface area contributed by atoms with Crippen LogP contribution < -0.4 is 9.64 Å². The Morgan fingerprint density at radius 3 is 2.50 bits per heavy atom. The number of hydrogen-bond donors (Lipinski definition) is 0. The Morgan fingerprint density at radius 2 is 1.86 bits per heavy atom. The first-order valence-electron chi connectivity index (χ1n) is 10.1. The lowest BCUT2D eigenvalue weighted by Crippen LogP contribution is -2.43. The number of benzene rings is 2. The van der Waals surface area contributed by atoms with Crippen LogP contribution in [0.15, 0.2) is 53.6 Å². The van der Waals surface area contributed by atoms with Crippen LogP contribution >= 0.6 is 13.5 Å². The van der Waals surface area contributed by atoms with Crippen LogP contribution in [-0.2, 0) is 16.4 Å². The Kier molecular flexibility index (Phi) is 7.42. The molecule has 4 rings (SSSR count). The fraction of sp³-hybridized carbons (Fsp3) is 0.217. The van der Waals surface area contributed by atoms with E-state index in [1.807, 2.05) is 0 Å². The van der Waals surface area contributed by atoms with Crippen LogP contribution in [0.3, 0.4) is 0 Å². The second-order valence-corrected chi connectivity index (χ2v) is 9.06. The molecular weight excluding hydrogens is 522 g/mol. The molecule has 1 amide bonds. The van der Waals surface area contributed by atoms with Crippen LogP contribution in [0, 0.1) is 11.8 Å². The maximum absolute atomic E-state index is 13.3. The van der Waals surface area contributed by atoms with Gasteiger partial charge in [0.05, 0.1) is 35.4 Å². The molecule has 1 atom stereocenters. The van der Waals surface area contributed by atoms with E-state index in [0.717, 1.165) is 31.4 Å². The molecule has 0 bridgehead atoms. The SMILES string of the molecule is COc1cc(N2C[C@H](C)n3ncc(C#Cc4cccc(S(=O)(=O)F)c4)c3C2=O)ccc1C(F)(F)F.S. The second-order valence-electron chi connectivity index (χ2n) is 7.71. The third kappa shape index (κ3) is 5.19. The summed E-state index contributed by atoms with van der Waals surface area (Å²) in [5.41, 5.74) is -0.220. The second kappa shape index (κ2) is 9.87. The van der Waals surface area contributed by atoms with E-state index in [2.05, 4.69) is 16.9 Å². The number of fused-ring (bicyclic) bond motifs is 1. The van der Waals surface area contributed by atoms with Crippen LogP contribution in [0.2, 0.25) is 0 Å². The van der Waals surface area contributed by atoms with Crippen molar-refractivity contribution in [3.05, 3.63) is 71.0 Å². The Bertz CT molecular complexity index is 1490. The molecule has 1 aromatic heterocycles. The van der Waals surface area contributed by atoms with Gasteiger partial charge in [0.15, 0.2) is 0 Å². The molecule has 1 aliphatic heterocycles. The van der Waals surface area contributed by atoms with E-state index >= 15 is 0 Å². The molecule has 36 heavy (non-hydrogen) atoms. The van der Waals surface area contributed by atoms with Crippen molar-refractivity contribution in [1.82, 2.24) is 9.78 Å². The van der Waals surface area contributed by atoms with Crippen molar-refractivity contribution in [3.8, 4) is 17.6 Å². The molecule has 3 aromatic rings. The van der Waals surface area contributed by atoms with Crippen LogP contribution in [0.4, 0.5) is 22.7 Å². The summed E-state index contributed by atoms with van der Waals surface area (Å²) in [7, 11) is -3.80. The number of alkyl halides is 3. The molecule has 0 saturated carbocycles. The number of amides is 1. The monoisotopic (exact) mass is 541 g/mol. The molecule has 2 aromatic carbocycles. The lowest BCUT2D eigenvalue weighted by molar-refractivity contribution is -0.138. The summed E-state index contributed by atoms with van der Waals surface area (Å²) in [4.78, 5) is 14.1. The standard InChI is InChI=1S/C23H17F4N3O4S.H2S/c1-14-13-29(17-8-9-19(23(24,25)26)20(11-17)34-2)22(31)21-16(12-28-30(14)21)7-6-15-4-3-5-18(10-15)35(27,32)33;/h3-5,8-12,14H,13H2,1-2H3;1H2/t14-;/m0./s1. The summed E-state index contributed by atoms with van der Waals surface area (Å²) in [6.07, 6.45) is -3.26. The van der Waals surface area contributed by atoms with Crippen LogP contribution in [-0.4, -0.2) is 37.8 Å². The van der Waals surface area contributed by atoms with Gasteiger partial charge in [0.1, 0.15) is 11.4 Å². The number of aromatic nitrogens is 2.